The van der Waals surface area contributed by atoms with Gasteiger partial charge in [0.05, 0.1) is 23.6 Å². The second-order valence-corrected chi connectivity index (χ2v) is 12.0. The molecule has 0 unspecified atom stereocenters. The van der Waals surface area contributed by atoms with Crippen LogP contribution >= 0.6 is 0 Å². The van der Waals surface area contributed by atoms with Gasteiger partial charge < -0.3 is 31.3 Å². The van der Waals surface area contributed by atoms with Gasteiger partial charge in [-0.15, -0.1) is 0 Å². The second-order valence-electron chi connectivity index (χ2n) is 12.0. The Balaban J connectivity index is 1.67. The van der Waals surface area contributed by atoms with Gasteiger partial charge in [0.2, 0.25) is 5.78 Å². The molecule has 1 saturated carbocycles. The van der Waals surface area contributed by atoms with Gasteiger partial charge in [-0.25, -0.2) is 0 Å². The van der Waals surface area contributed by atoms with Crippen LogP contribution < -0.4 is 5.73 Å². The van der Waals surface area contributed by atoms with Crippen molar-refractivity contribution in [3.63, 3.8) is 0 Å². The summed E-state index contributed by atoms with van der Waals surface area (Å²) in [6.45, 7) is 6.09. The van der Waals surface area contributed by atoms with Crippen LogP contribution in [0.2, 0.25) is 0 Å². The highest BCUT2D eigenvalue weighted by Gasteiger charge is 2.68. The van der Waals surface area contributed by atoms with Crippen LogP contribution in [0.4, 0.5) is 0 Å². The van der Waals surface area contributed by atoms with Crippen molar-refractivity contribution < 1.29 is 39.9 Å². The van der Waals surface area contributed by atoms with Crippen LogP contribution in [-0.2, 0) is 20.9 Å². The fourth-order valence-corrected chi connectivity index (χ4v) is 7.25. The van der Waals surface area contributed by atoms with Crippen LogP contribution in [0, 0.1) is 17.8 Å². The van der Waals surface area contributed by atoms with Crippen LogP contribution in [0.25, 0.3) is 5.76 Å². The first-order valence-electron chi connectivity index (χ1n) is 13.6. The Morgan fingerprint density at radius 1 is 1.12 bits per heavy atom. The number of nitrogens with zero attached hydrogens (tertiary/aromatic N) is 2. The number of ketones is 2. The van der Waals surface area contributed by atoms with Crippen molar-refractivity contribution in [1.82, 2.24) is 9.80 Å². The molecule has 0 bridgehead atoms. The van der Waals surface area contributed by atoms with E-state index in [1.54, 1.807) is 19.1 Å². The average Bonchev–Trinajstić information content (AvgIpc) is 2.88. The van der Waals surface area contributed by atoms with E-state index in [1.807, 2.05) is 0 Å². The molecule has 1 aromatic rings. The van der Waals surface area contributed by atoms with Crippen LogP contribution in [-0.4, -0.2) is 97.7 Å². The molecule has 1 heterocycles. The highest BCUT2D eigenvalue weighted by atomic mass is 16.4. The van der Waals surface area contributed by atoms with E-state index in [2.05, 4.69) is 11.8 Å². The molecule has 11 nitrogen and oxygen atoms in total. The summed E-state index contributed by atoms with van der Waals surface area (Å²) in [6, 6.07) is 2.15. The Morgan fingerprint density at radius 3 is 2.33 bits per heavy atom. The molecule has 7 N–H and O–H groups in total. The predicted molar refractivity (Wildman–Crippen MR) is 144 cm³/mol. The number of hydrogen-bond donors (Lipinski definition) is 6. The number of aliphatic hydroxyl groups excluding tert-OH is 3. The van der Waals surface area contributed by atoms with E-state index >= 15 is 0 Å². The van der Waals surface area contributed by atoms with E-state index in [9.17, 15) is 39.9 Å². The van der Waals surface area contributed by atoms with E-state index in [4.69, 9.17) is 5.73 Å². The van der Waals surface area contributed by atoms with Crippen LogP contribution in [0.15, 0.2) is 29.0 Å². The number of phenolic OH excluding ortho intramolecular Hbond substituents is 1. The van der Waals surface area contributed by atoms with Gasteiger partial charge in [0.1, 0.15) is 22.8 Å². The Bertz CT molecular complexity index is 1360. The van der Waals surface area contributed by atoms with Gasteiger partial charge in [-0.3, -0.25) is 24.2 Å². The zero-order chi connectivity index (χ0) is 29.4. The molecule has 0 aromatic heterocycles. The van der Waals surface area contributed by atoms with Crippen LogP contribution in [0.5, 0.6) is 5.75 Å². The molecular formula is C29H37N3O8. The van der Waals surface area contributed by atoms with Crippen molar-refractivity contribution in [3.05, 3.63) is 45.7 Å². The lowest BCUT2D eigenvalue weighted by atomic mass is 9.54. The van der Waals surface area contributed by atoms with Gasteiger partial charge in [0, 0.05) is 23.6 Å². The average molecular weight is 556 g/mol. The van der Waals surface area contributed by atoms with Gasteiger partial charge in [-0.2, -0.15) is 0 Å². The molecule has 5 rings (SSSR count). The molecule has 2 fully saturated rings. The van der Waals surface area contributed by atoms with Crippen molar-refractivity contribution in [2.24, 2.45) is 23.5 Å². The number of primary amides is 1. The first-order chi connectivity index (χ1) is 18.7. The fourth-order valence-electron chi connectivity index (χ4n) is 7.25. The van der Waals surface area contributed by atoms with Crippen molar-refractivity contribution in [3.8, 4) is 5.75 Å². The maximum absolute atomic E-state index is 14.1. The summed E-state index contributed by atoms with van der Waals surface area (Å²) in [5.74, 6) is -8.12. The van der Waals surface area contributed by atoms with Crippen LogP contribution in [0.1, 0.15) is 49.3 Å². The third kappa shape index (κ3) is 3.82. The number of carbonyl (C=O) groups excluding carboxylic acids is 3. The van der Waals surface area contributed by atoms with Crippen molar-refractivity contribution in [2.45, 2.75) is 56.9 Å². The molecule has 4 aliphatic rings. The highest BCUT2D eigenvalue weighted by Crippen LogP contribution is 2.56. The lowest BCUT2D eigenvalue weighted by molar-refractivity contribution is -0.169. The SMILES string of the molecule is CC1CCN(Cc2ccc3c(c2O)C(O)=C2C(=O)[C@]4(O)C(O)=C(C(N)=O)C(=O)[C@@H](N(C)C)[C@@H]4[C@@H](O)[C@@H]2[C@H]3C)CC1. The van der Waals surface area contributed by atoms with E-state index in [1.165, 1.54) is 19.0 Å². The number of phenols is 1. The Labute approximate surface area is 232 Å². The molecule has 0 spiro atoms. The van der Waals surface area contributed by atoms with E-state index < -0.39 is 70.1 Å². The molecular weight excluding hydrogens is 518 g/mol. The van der Waals surface area contributed by atoms with Gasteiger partial charge >= 0.3 is 0 Å². The normalized spacial score (nSPS) is 33.2. The summed E-state index contributed by atoms with van der Waals surface area (Å²) in [4.78, 5) is 43.0. The Hall–Kier alpha value is -3.25. The predicted octanol–water partition coefficient (Wildman–Crippen LogP) is 0.728. The molecule has 1 aliphatic heterocycles. The van der Waals surface area contributed by atoms with E-state index in [0.29, 0.717) is 23.6 Å². The molecule has 6 atom stereocenters. The van der Waals surface area contributed by atoms with E-state index in [-0.39, 0.29) is 16.9 Å². The van der Waals surface area contributed by atoms with Crippen molar-refractivity contribution in [1.29, 1.82) is 0 Å². The summed E-state index contributed by atoms with van der Waals surface area (Å²) in [5, 5.41) is 57.3. The fraction of sp³-hybridized carbons (Fsp3) is 0.552. The third-order valence-electron chi connectivity index (χ3n) is 9.48. The highest BCUT2D eigenvalue weighted by molar-refractivity contribution is 6.24. The summed E-state index contributed by atoms with van der Waals surface area (Å²) in [7, 11) is 2.96. The van der Waals surface area contributed by atoms with E-state index in [0.717, 1.165) is 25.9 Å². The first-order valence-corrected chi connectivity index (χ1v) is 13.6. The number of benzene rings is 1. The number of hydrogen-bond acceptors (Lipinski definition) is 10. The summed E-state index contributed by atoms with van der Waals surface area (Å²) in [6.07, 6.45) is 0.465. The number of fused-ring (bicyclic) bond motifs is 3. The summed E-state index contributed by atoms with van der Waals surface area (Å²) in [5.41, 5.74) is 2.21. The minimum Gasteiger partial charge on any atom is -0.508 e. The molecule has 11 heteroatoms. The minimum absolute atomic E-state index is 0.0267. The smallest absolute Gasteiger partial charge is 0.255 e. The maximum atomic E-state index is 14.1. The number of carbonyl (C=O) groups is 3. The molecule has 3 aliphatic carbocycles. The quantitative estimate of drug-likeness (QED) is 0.289. The third-order valence-corrected chi connectivity index (χ3v) is 9.48. The van der Waals surface area contributed by atoms with Crippen LogP contribution in [0.3, 0.4) is 0 Å². The summed E-state index contributed by atoms with van der Waals surface area (Å²) < 4.78 is 0. The summed E-state index contributed by atoms with van der Waals surface area (Å²) >= 11 is 0. The monoisotopic (exact) mass is 555 g/mol. The number of aromatic hydroxyl groups is 1. The molecule has 0 radical (unpaired) electrons. The first kappa shape index (κ1) is 28.3. The molecule has 1 aromatic carbocycles. The molecule has 1 saturated heterocycles. The number of nitrogens with two attached hydrogens (primary N) is 1. The molecule has 40 heavy (non-hydrogen) atoms. The van der Waals surface area contributed by atoms with Gasteiger partial charge in [-0.1, -0.05) is 26.0 Å². The Kier molecular flexibility index (Phi) is 6.85. The van der Waals surface area contributed by atoms with Gasteiger partial charge in [0.25, 0.3) is 5.91 Å². The Morgan fingerprint density at radius 2 is 1.75 bits per heavy atom. The largest absolute Gasteiger partial charge is 0.508 e. The molecule has 216 valence electrons. The second kappa shape index (κ2) is 9.69. The number of piperidine rings is 1. The maximum Gasteiger partial charge on any atom is 0.255 e. The lowest BCUT2D eigenvalue weighted by Gasteiger charge is -2.53. The zero-order valence-electron chi connectivity index (χ0n) is 23.1. The number of likely N-dealkylation sites (N-methyl/N-ethyl adjacent to an activating group) is 1. The number of amides is 1. The zero-order valence-corrected chi connectivity index (χ0v) is 23.1. The number of Topliss-reactive ketones (excluding diaryl/α,β-unsaturated/α-hetero) is 2. The number of likely N-dealkylation sites (tertiary alicyclic amines) is 1. The standard InChI is InChI=1S/C29H37N3O8/c1-12-7-9-32(10-8-12)11-14-5-6-15-13(2)16-18(23(34)17(15)22(14)33)26(37)29(40)20(24(16)35)21(31(3)4)25(36)19(27(29)38)28(30)39/h5-6,12-13,16,20-21,24,33-35,38,40H,7-11H2,1-4H3,(H2,30,39)/t13-,16+,20+,21-,24-,29-/m0/s1. The van der Waals surface area contributed by atoms with Crippen molar-refractivity contribution in [2.75, 3.05) is 27.2 Å². The molecule has 1 amide bonds. The lowest BCUT2D eigenvalue weighted by Crippen LogP contribution is -2.70. The topological polar surface area (TPSA) is 185 Å². The number of aliphatic hydroxyl groups is 4. The van der Waals surface area contributed by atoms with Crippen molar-refractivity contribution >= 4 is 23.2 Å². The van der Waals surface area contributed by atoms with Gasteiger partial charge in [0.15, 0.2) is 11.4 Å². The number of rotatable bonds is 4. The minimum atomic E-state index is -2.92. The van der Waals surface area contributed by atoms with Gasteiger partial charge in [-0.05, 0) is 57.4 Å².